The third kappa shape index (κ3) is 2.21. The van der Waals surface area contributed by atoms with Gasteiger partial charge in [0.15, 0.2) is 17.1 Å². The molecule has 7 nitrogen and oxygen atoms in total. The van der Waals surface area contributed by atoms with Gasteiger partial charge in [-0.1, -0.05) is 23.7 Å². The molecule has 0 radical (unpaired) electrons. The molecule has 0 saturated carbocycles. The number of para-hydroxylation sites is 1. The molecule has 3 heterocycles. The van der Waals surface area contributed by atoms with Crippen molar-refractivity contribution in [3.05, 3.63) is 66.1 Å². The monoisotopic (exact) mass is 362 g/mol. The summed E-state index contributed by atoms with van der Waals surface area (Å²) in [5, 5.41) is 19.7. The van der Waals surface area contributed by atoms with Crippen molar-refractivity contribution in [2.75, 3.05) is 0 Å². The molecule has 8 heteroatoms. The average Bonchev–Trinajstić information content (AvgIpc) is 3.26. The maximum atomic E-state index is 9.44. The number of aromatic nitrogens is 6. The van der Waals surface area contributed by atoms with Crippen LogP contribution in [-0.4, -0.2) is 34.5 Å². The molecule has 1 N–H and O–H groups in total. The highest BCUT2D eigenvalue weighted by Gasteiger charge is 2.15. The minimum atomic E-state index is 0.197. The van der Waals surface area contributed by atoms with E-state index in [2.05, 4.69) is 20.2 Å². The fourth-order valence-electron chi connectivity index (χ4n) is 2.85. The van der Waals surface area contributed by atoms with Gasteiger partial charge < -0.3 is 5.11 Å². The quantitative estimate of drug-likeness (QED) is 0.520. The molecule has 0 bridgehead atoms. The number of hydrogen-bond acceptors (Lipinski definition) is 5. The van der Waals surface area contributed by atoms with Crippen molar-refractivity contribution in [1.29, 1.82) is 0 Å². The van der Waals surface area contributed by atoms with Gasteiger partial charge in [-0.05, 0) is 36.4 Å². The summed E-state index contributed by atoms with van der Waals surface area (Å²) in [5.74, 6) is 0.743. The fourth-order valence-corrected chi connectivity index (χ4v) is 3.07. The molecular weight excluding hydrogens is 352 g/mol. The van der Waals surface area contributed by atoms with Gasteiger partial charge in [0.1, 0.15) is 12.1 Å². The second-order valence-corrected chi connectivity index (χ2v) is 6.15. The van der Waals surface area contributed by atoms with E-state index in [1.807, 2.05) is 24.3 Å². The summed E-state index contributed by atoms with van der Waals surface area (Å²) in [6.45, 7) is 0. The lowest BCUT2D eigenvalue weighted by atomic mass is 10.2. The number of halogens is 1. The summed E-state index contributed by atoms with van der Waals surface area (Å²) >= 11 is 6.29. The highest BCUT2D eigenvalue weighted by molar-refractivity contribution is 6.32. The highest BCUT2D eigenvalue weighted by atomic mass is 35.5. The van der Waals surface area contributed by atoms with Crippen LogP contribution in [0, 0.1) is 0 Å². The Bertz CT molecular complexity index is 1260. The standard InChI is InChI=1S/C18H11ClN6O/c19-14-3-1-2-4-15(14)25-17-13(9-21-25)18-22-16(23-24(18)10-20-17)11-5-7-12(26)8-6-11/h1-10,26H. The Balaban J connectivity index is 1.71. The first kappa shape index (κ1) is 14.9. The number of phenolic OH excluding ortho intramolecular Hbond substituents is 1. The molecule has 0 unspecified atom stereocenters. The summed E-state index contributed by atoms with van der Waals surface area (Å²) in [4.78, 5) is 9.08. The molecule has 5 aromatic rings. The van der Waals surface area contributed by atoms with Gasteiger partial charge in [-0.3, -0.25) is 0 Å². The molecule has 5 rings (SSSR count). The van der Waals surface area contributed by atoms with E-state index in [0.29, 0.717) is 22.1 Å². The van der Waals surface area contributed by atoms with Crippen molar-refractivity contribution in [3.63, 3.8) is 0 Å². The maximum Gasteiger partial charge on any atom is 0.182 e. The molecule has 0 aliphatic carbocycles. The number of hydrogen-bond donors (Lipinski definition) is 1. The van der Waals surface area contributed by atoms with E-state index < -0.39 is 0 Å². The lowest BCUT2D eigenvalue weighted by Gasteiger charge is -2.04. The van der Waals surface area contributed by atoms with Crippen LogP contribution in [-0.2, 0) is 0 Å². The second-order valence-electron chi connectivity index (χ2n) is 5.74. The summed E-state index contributed by atoms with van der Waals surface area (Å²) in [7, 11) is 0. The molecule has 0 spiro atoms. The largest absolute Gasteiger partial charge is 0.508 e. The fraction of sp³-hybridized carbons (Fsp3) is 0. The second kappa shape index (κ2) is 5.53. The van der Waals surface area contributed by atoms with E-state index in [4.69, 9.17) is 11.6 Å². The normalized spacial score (nSPS) is 11.4. The maximum absolute atomic E-state index is 9.44. The predicted molar refractivity (Wildman–Crippen MR) is 97.5 cm³/mol. The molecule has 3 aromatic heterocycles. The minimum Gasteiger partial charge on any atom is -0.508 e. The van der Waals surface area contributed by atoms with E-state index in [9.17, 15) is 5.11 Å². The van der Waals surface area contributed by atoms with Gasteiger partial charge >= 0.3 is 0 Å². The zero-order valence-corrected chi connectivity index (χ0v) is 14.0. The third-order valence-electron chi connectivity index (χ3n) is 4.11. The molecule has 0 fully saturated rings. The minimum absolute atomic E-state index is 0.197. The van der Waals surface area contributed by atoms with Gasteiger partial charge in [0.05, 0.1) is 22.3 Å². The van der Waals surface area contributed by atoms with Crippen molar-refractivity contribution < 1.29 is 5.11 Å². The molecule has 126 valence electrons. The zero-order valence-electron chi connectivity index (χ0n) is 13.3. The van der Waals surface area contributed by atoms with Crippen LogP contribution in [0.4, 0.5) is 0 Å². The van der Waals surface area contributed by atoms with Crippen LogP contribution in [0.3, 0.4) is 0 Å². The highest BCUT2D eigenvalue weighted by Crippen LogP contribution is 2.26. The van der Waals surface area contributed by atoms with Gasteiger partial charge in [-0.15, -0.1) is 5.10 Å². The predicted octanol–water partition coefficient (Wildman–Crippen LogP) is 3.49. The van der Waals surface area contributed by atoms with Crippen LogP contribution in [0.2, 0.25) is 5.02 Å². The molecule has 26 heavy (non-hydrogen) atoms. The molecule has 0 aliphatic heterocycles. The zero-order chi connectivity index (χ0) is 17.7. The van der Waals surface area contributed by atoms with Crippen molar-refractivity contribution in [2.45, 2.75) is 0 Å². The smallest absolute Gasteiger partial charge is 0.182 e. The average molecular weight is 363 g/mol. The Kier molecular flexibility index (Phi) is 3.16. The SMILES string of the molecule is Oc1ccc(-c2nc3c4cnn(-c5ccccc5Cl)c4ncn3n2)cc1. The molecule has 0 amide bonds. The van der Waals surface area contributed by atoms with Crippen LogP contribution < -0.4 is 0 Å². The van der Waals surface area contributed by atoms with Crippen LogP contribution in [0.15, 0.2) is 61.1 Å². The molecule has 0 aliphatic rings. The van der Waals surface area contributed by atoms with Gasteiger partial charge in [-0.25, -0.2) is 19.2 Å². The first-order valence-corrected chi connectivity index (χ1v) is 8.22. The van der Waals surface area contributed by atoms with Crippen molar-refractivity contribution >= 4 is 28.3 Å². The van der Waals surface area contributed by atoms with Gasteiger partial charge in [0.2, 0.25) is 0 Å². The van der Waals surface area contributed by atoms with Crippen molar-refractivity contribution in [3.8, 4) is 22.8 Å². The van der Waals surface area contributed by atoms with Crippen LogP contribution in [0.5, 0.6) is 5.75 Å². The van der Waals surface area contributed by atoms with E-state index in [0.717, 1.165) is 16.6 Å². The lowest BCUT2D eigenvalue weighted by Crippen LogP contribution is -1.99. The summed E-state index contributed by atoms with van der Waals surface area (Å²) in [6, 6.07) is 14.2. The lowest BCUT2D eigenvalue weighted by molar-refractivity contribution is 0.475. The number of benzene rings is 2. The van der Waals surface area contributed by atoms with E-state index in [1.54, 1.807) is 46.0 Å². The third-order valence-corrected chi connectivity index (χ3v) is 4.43. The number of aromatic hydroxyl groups is 1. The Morgan fingerprint density at radius 1 is 0.962 bits per heavy atom. The summed E-state index contributed by atoms with van der Waals surface area (Å²) < 4.78 is 3.30. The van der Waals surface area contributed by atoms with E-state index >= 15 is 0 Å². The first-order valence-electron chi connectivity index (χ1n) is 7.84. The first-order chi connectivity index (χ1) is 12.7. The van der Waals surface area contributed by atoms with Gasteiger partial charge in [0, 0.05) is 5.56 Å². The molecular formula is C18H11ClN6O. The molecule has 0 saturated heterocycles. The van der Waals surface area contributed by atoms with E-state index in [1.165, 1.54) is 0 Å². The summed E-state index contributed by atoms with van der Waals surface area (Å²) in [6.07, 6.45) is 3.31. The number of phenols is 1. The summed E-state index contributed by atoms with van der Waals surface area (Å²) in [5.41, 5.74) is 2.85. The molecule has 2 aromatic carbocycles. The Morgan fingerprint density at radius 3 is 2.58 bits per heavy atom. The van der Waals surface area contributed by atoms with Crippen LogP contribution >= 0.6 is 11.6 Å². The van der Waals surface area contributed by atoms with Crippen LogP contribution in [0.1, 0.15) is 0 Å². The number of nitrogens with zero attached hydrogens (tertiary/aromatic N) is 6. The van der Waals surface area contributed by atoms with Crippen molar-refractivity contribution in [1.82, 2.24) is 29.4 Å². The van der Waals surface area contributed by atoms with Gasteiger partial charge in [0.25, 0.3) is 0 Å². The Labute approximate surface area is 152 Å². The van der Waals surface area contributed by atoms with Crippen molar-refractivity contribution in [2.24, 2.45) is 0 Å². The molecule has 0 atom stereocenters. The van der Waals surface area contributed by atoms with Crippen LogP contribution in [0.25, 0.3) is 33.8 Å². The number of rotatable bonds is 2. The van der Waals surface area contributed by atoms with E-state index in [-0.39, 0.29) is 5.75 Å². The van der Waals surface area contributed by atoms with Gasteiger partial charge in [-0.2, -0.15) is 5.10 Å². The Hall–Kier alpha value is -3.45. The Morgan fingerprint density at radius 2 is 1.77 bits per heavy atom. The number of fused-ring (bicyclic) bond motifs is 3. The topological polar surface area (TPSA) is 81.1 Å².